The summed E-state index contributed by atoms with van der Waals surface area (Å²) in [6, 6.07) is -0.533. The highest BCUT2D eigenvalue weighted by Gasteiger charge is 2.28. The van der Waals surface area contributed by atoms with Gasteiger partial charge in [0.25, 0.3) is 0 Å². The van der Waals surface area contributed by atoms with Gasteiger partial charge in [-0.25, -0.2) is 0 Å². The lowest BCUT2D eigenvalue weighted by Crippen LogP contribution is -2.48. The molecule has 0 heterocycles. The van der Waals surface area contributed by atoms with E-state index in [0.29, 0.717) is 6.61 Å². The van der Waals surface area contributed by atoms with E-state index in [0.717, 1.165) is 25.7 Å². The van der Waals surface area contributed by atoms with Crippen LogP contribution in [0.1, 0.15) is 32.6 Å². The second-order valence-corrected chi connectivity index (χ2v) is 4.87. The largest absolute Gasteiger partial charge is 0.466 e. The van der Waals surface area contributed by atoms with Crippen molar-refractivity contribution < 1.29 is 19.1 Å². The van der Waals surface area contributed by atoms with Crippen molar-refractivity contribution in [2.45, 2.75) is 44.7 Å². The third kappa shape index (κ3) is 5.16. The van der Waals surface area contributed by atoms with E-state index in [-0.39, 0.29) is 30.4 Å². The molecule has 0 aliphatic heterocycles. The summed E-state index contributed by atoms with van der Waals surface area (Å²) in [5, 5.41) is 2.90. The highest BCUT2D eigenvalue weighted by molar-refractivity contribution is 5.82. The van der Waals surface area contributed by atoms with Gasteiger partial charge in [0.05, 0.1) is 19.1 Å². The number of amides is 1. The molecule has 0 spiro atoms. The highest BCUT2D eigenvalue weighted by Crippen LogP contribution is 2.25. The van der Waals surface area contributed by atoms with Crippen LogP contribution in [-0.2, 0) is 19.1 Å². The van der Waals surface area contributed by atoms with Crippen LogP contribution in [0.2, 0.25) is 0 Å². The molecule has 1 amide bonds. The average Bonchev–Trinajstić information content (AvgIpc) is 2.40. The molecule has 1 aliphatic rings. The zero-order chi connectivity index (χ0) is 14.3. The summed E-state index contributed by atoms with van der Waals surface area (Å²) in [6.07, 6.45) is 3.08. The molecule has 110 valence electrons. The van der Waals surface area contributed by atoms with E-state index < -0.39 is 6.04 Å². The molecule has 6 nitrogen and oxygen atoms in total. The Kier molecular flexibility index (Phi) is 6.80. The van der Waals surface area contributed by atoms with E-state index in [2.05, 4.69) is 5.32 Å². The molecule has 0 aromatic rings. The Hall–Kier alpha value is -1.14. The molecule has 1 saturated carbocycles. The summed E-state index contributed by atoms with van der Waals surface area (Å²) in [5.41, 5.74) is 5.65. The van der Waals surface area contributed by atoms with Crippen molar-refractivity contribution in [3.8, 4) is 0 Å². The number of carbonyl (C=O) groups is 2. The Morgan fingerprint density at radius 3 is 2.47 bits per heavy atom. The van der Waals surface area contributed by atoms with Gasteiger partial charge >= 0.3 is 5.97 Å². The van der Waals surface area contributed by atoms with E-state index in [1.54, 1.807) is 6.92 Å². The maximum Gasteiger partial charge on any atom is 0.308 e. The molecule has 1 rings (SSSR count). The minimum Gasteiger partial charge on any atom is -0.466 e. The molecule has 1 fully saturated rings. The standard InChI is InChI=1S/C13H24N2O4/c1-3-19-13(17)9-4-6-10(7-5-9)15-12(16)11(14)8-18-2/h9-11H,3-8,14H2,1-2H3,(H,15,16). The van der Waals surface area contributed by atoms with Crippen LogP contribution in [0, 0.1) is 5.92 Å². The molecule has 1 atom stereocenters. The number of rotatable bonds is 6. The quantitative estimate of drug-likeness (QED) is 0.674. The molecule has 0 bridgehead atoms. The Labute approximate surface area is 114 Å². The summed E-state index contributed by atoms with van der Waals surface area (Å²) in [5.74, 6) is -0.342. The SMILES string of the molecule is CCOC(=O)C1CCC(NC(=O)C(N)COC)CC1. The number of hydrogen-bond donors (Lipinski definition) is 2. The van der Waals surface area contributed by atoms with E-state index in [4.69, 9.17) is 15.2 Å². The van der Waals surface area contributed by atoms with Gasteiger partial charge in [0.1, 0.15) is 6.04 Å². The summed E-state index contributed by atoms with van der Waals surface area (Å²) < 4.78 is 9.85. The van der Waals surface area contributed by atoms with Crippen LogP contribution in [0.15, 0.2) is 0 Å². The van der Waals surface area contributed by atoms with Crippen molar-refractivity contribution in [3.63, 3.8) is 0 Å². The number of ether oxygens (including phenoxy) is 2. The lowest BCUT2D eigenvalue weighted by atomic mass is 9.86. The van der Waals surface area contributed by atoms with Crippen LogP contribution < -0.4 is 11.1 Å². The first-order chi connectivity index (χ1) is 9.08. The van der Waals surface area contributed by atoms with Crippen LogP contribution >= 0.6 is 0 Å². The third-order valence-electron chi connectivity index (χ3n) is 3.38. The molecule has 0 aromatic carbocycles. The first kappa shape index (κ1) is 15.9. The van der Waals surface area contributed by atoms with Crippen molar-refractivity contribution in [3.05, 3.63) is 0 Å². The summed E-state index contributed by atoms with van der Waals surface area (Å²) >= 11 is 0. The lowest BCUT2D eigenvalue weighted by molar-refractivity contribution is -0.149. The number of methoxy groups -OCH3 is 1. The lowest BCUT2D eigenvalue weighted by Gasteiger charge is -2.28. The molecular formula is C13H24N2O4. The van der Waals surface area contributed by atoms with Crippen molar-refractivity contribution in [2.75, 3.05) is 20.3 Å². The molecule has 1 aliphatic carbocycles. The van der Waals surface area contributed by atoms with Gasteiger partial charge < -0.3 is 20.5 Å². The summed E-state index contributed by atoms with van der Waals surface area (Å²) in [7, 11) is 1.51. The topological polar surface area (TPSA) is 90.7 Å². The predicted octanol–water partition coefficient (Wildman–Crippen LogP) is 0.198. The van der Waals surface area contributed by atoms with Gasteiger partial charge in [-0.2, -0.15) is 0 Å². The van der Waals surface area contributed by atoms with E-state index in [9.17, 15) is 9.59 Å². The van der Waals surface area contributed by atoms with Gasteiger partial charge in [-0.15, -0.1) is 0 Å². The van der Waals surface area contributed by atoms with E-state index in [1.807, 2.05) is 0 Å². The normalized spacial score (nSPS) is 24.6. The Bertz CT molecular complexity index is 301. The molecule has 0 radical (unpaired) electrons. The van der Waals surface area contributed by atoms with Crippen molar-refractivity contribution in [2.24, 2.45) is 11.7 Å². The molecule has 0 saturated heterocycles. The molecular weight excluding hydrogens is 248 g/mol. The smallest absolute Gasteiger partial charge is 0.308 e. The number of nitrogens with one attached hydrogen (secondary N) is 1. The Morgan fingerprint density at radius 1 is 1.32 bits per heavy atom. The second-order valence-electron chi connectivity index (χ2n) is 4.87. The van der Waals surface area contributed by atoms with Crippen LogP contribution in [0.25, 0.3) is 0 Å². The fourth-order valence-electron chi connectivity index (χ4n) is 2.30. The van der Waals surface area contributed by atoms with Gasteiger partial charge in [-0.1, -0.05) is 0 Å². The fourth-order valence-corrected chi connectivity index (χ4v) is 2.30. The van der Waals surface area contributed by atoms with Crippen molar-refractivity contribution in [1.82, 2.24) is 5.32 Å². The van der Waals surface area contributed by atoms with Gasteiger partial charge in [0.15, 0.2) is 0 Å². The minimum absolute atomic E-state index is 0.0271. The first-order valence-corrected chi connectivity index (χ1v) is 6.80. The fraction of sp³-hybridized carbons (Fsp3) is 0.846. The van der Waals surface area contributed by atoms with Crippen molar-refractivity contribution >= 4 is 11.9 Å². The number of hydrogen-bond acceptors (Lipinski definition) is 5. The van der Waals surface area contributed by atoms with E-state index >= 15 is 0 Å². The zero-order valence-corrected chi connectivity index (χ0v) is 11.7. The first-order valence-electron chi connectivity index (χ1n) is 6.80. The number of esters is 1. The molecule has 3 N–H and O–H groups in total. The Morgan fingerprint density at radius 2 is 1.95 bits per heavy atom. The Balaban J connectivity index is 2.30. The van der Waals surface area contributed by atoms with Gasteiger partial charge in [-0.05, 0) is 32.6 Å². The number of nitrogens with two attached hydrogens (primary N) is 1. The second kappa shape index (κ2) is 8.12. The van der Waals surface area contributed by atoms with Crippen LogP contribution in [-0.4, -0.2) is 44.3 Å². The summed E-state index contributed by atoms with van der Waals surface area (Å²) in [6.45, 7) is 2.44. The van der Waals surface area contributed by atoms with Crippen LogP contribution in [0.4, 0.5) is 0 Å². The van der Waals surface area contributed by atoms with Crippen molar-refractivity contribution in [1.29, 1.82) is 0 Å². The van der Waals surface area contributed by atoms with E-state index in [1.165, 1.54) is 7.11 Å². The zero-order valence-electron chi connectivity index (χ0n) is 11.7. The van der Waals surface area contributed by atoms with Gasteiger partial charge in [0, 0.05) is 13.2 Å². The molecule has 6 heteroatoms. The average molecular weight is 272 g/mol. The van der Waals surface area contributed by atoms with Gasteiger partial charge in [-0.3, -0.25) is 9.59 Å². The maximum atomic E-state index is 11.7. The van der Waals surface area contributed by atoms with Crippen LogP contribution in [0.3, 0.4) is 0 Å². The molecule has 1 unspecified atom stereocenters. The highest BCUT2D eigenvalue weighted by atomic mass is 16.5. The predicted molar refractivity (Wildman–Crippen MR) is 70.4 cm³/mol. The molecule has 19 heavy (non-hydrogen) atoms. The number of carbonyl (C=O) groups excluding carboxylic acids is 2. The minimum atomic E-state index is -0.632. The summed E-state index contributed by atoms with van der Waals surface area (Å²) in [4.78, 5) is 23.3. The van der Waals surface area contributed by atoms with Crippen LogP contribution in [0.5, 0.6) is 0 Å². The molecule has 0 aromatic heterocycles. The van der Waals surface area contributed by atoms with Gasteiger partial charge in [0.2, 0.25) is 5.91 Å². The maximum absolute atomic E-state index is 11.7. The monoisotopic (exact) mass is 272 g/mol. The third-order valence-corrected chi connectivity index (χ3v) is 3.38.